The average Bonchev–Trinajstić information content (AvgIpc) is 3.14. The standard InChI is InChI=1S/C22H21Cl.C22H22O.C2H3ClO.CH3Cl.CH4/c2*1-16-4-10-19(11-5-16)22(23,20-12-6-17(2)7-13-20)21-14-8-18(3)9-15-21;1-2(3)4;1-2;/h4-15H,1-3H3;4-15,23H,1-3H3;1H3;1H3;1H4. The number of carbonyl (C=O) groups is 1. The summed E-state index contributed by atoms with van der Waals surface area (Å²) in [7, 11) is 0. The van der Waals surface area contributed by atoms with Gasteiger partial charge in [-0.15, -0.1) is 23.2 Å². The van der Waals surface area contributed by atoms with Crippen molar-refractivity contribution in [2.45, 2.75) is 66.4 Å². The van der Waals surface area contributed by atoms with Gasteiger partial charge >= 0.3 is 0 Å². The van der Waals surface area contributed by atoms with E-state index in [4.69, 9.17) is 11.6 Å². The number of rotatable bonds is 6. The van der Waals surface area contributed by atoms with Gasteiger partial charge in [-0.05, 0) is 86.5 Å². The van der Waals surface area contributed by atoms with Gasteiger partial charge in [0.25, 0.3) is 0 Å². The first-order valence-corrected chi connectivity index (χ1v) is 18.6. The first-order valence-electron chi connectivity index (χ1n) is 17.1. The summed E-state index contributed by atoms with van der Waals surface area (Å²) < 4.78 is 0. The summed E-state index contributed by atoms with van der Waals surface area (Å²) in [6.45, 7) is 13.7. The number of alkyl halides is 2. The number of aliphatic hydroxyl groups is 1. The molecule has 0 spiro atoms. The van der Waals surface area contributed by atoms with Gasteiger partial charge in [0.1, 0.15) is 10.5 Å². The lowest BCUT2D eigenvalue weighted by Crippen LogP contribution is -2.28. The van der Waals surface area contributed by atoms with E-state index in [1.165, 1.54) is 46.7 Å². The number of hydrogen-bond acceptors (Lipinski definition) is 2. The molecule has 0 unspecified atom stereocenters. The molecule has 0 aliphatic heterocycles. The van der Waals surface area contributed by atoms with Crippen LogP contribution in [0.15, 0.2) is 146 Å². The number of hydrogen-bond donors (Lipinski definition) is 1. The number of aryl methyl sites for hydroxylation is 6. The lowest BCUT2D eigenvalue weighted by Gasteiger charge is -2.30. The monoisotopic (exact) mass is 766 g/mol. The Balaban J connectivity index is 0.000000315. The van der Waals surface area contributed by atoms with Gasteiger partial charge in [-0.25, -0.2) is 0 Å². The molecular weight excluding hydrogens is 715 g/mol. The van der Waals surface area contributed by atoms with Gasteiger partial charge in [0.15, 0.2) is 0 Å². The van der Waals surface area contributed by atoms with E-state index < -0.39 is 10.5 Å². The van der Waals surface area contributed by atoms with Gasteiger partial charge < -0.3 is 5.11 Å². The second-order valence-corrected chi connectivity index (χ2v) is 14.1. The van der Waals surface area contributed by atoms with E-state index in [1.807, 2.05) is 72.8 Å². The zero-order valence-corrected chi connectivity index (χ0v) is 33.6. The summed E-state index contributed by atoms with van der Waals surface area (Å²) in [6, 6.07) is 49.8. The van der Waals surface area contributed by atoms with Crippen molar-refractivity contribution in [3.05, 3.63) is 212 Å². The smallest absolute Gasteiger partial charge is 0.218 e. The van der Waals surface area contributed by atoms with E-state index >= 15 is 0 Å². The van der Waals surface area contributed by atoms with E-state index in [9.17, 15) is 9.90 Å². The van der Waals surface area contributed by atoms with Crippen LogP contribution >= 0.6 is 34.8 Å². The van der Waals surface area contributed by atoms with Gasteiger partial charge in [0.05, 0.1) is 0 Å². The fourth-order valence-electron chi connectivity index (χ4n) is 5.73. The van der Waals surface area contributed by atoms with E-state index in [0.717, 1.165) is 33.4 Å². The Labute approximate surface area is 333 Å². The maximum atomic E-state index is 11.7. The van der Waals surface area contributed by atoms with Crippen LogP contribution in [0.2, 0.25) is 0 Å². The Kier molecular flexibility index (Phi) is 17.7. The lowest BCUT2D eigenvalue weighted by atomic mass is 9.80. The maximum absolute atomic E-state index is 11.7. The molecular formula is C48H53Cl3O2. The van der Waals surface area contributed by atoms with Crippen LogP contribution in [0.4, 0.5) is 0 Å². The first kappa shape index (κ1) is 45.0. The molecule has 2 nitrogen and oxygen atoms in total. The summed E-state index contributed by atoms with van der Waals surface area (Å²) in [5, 5.41) is 11.3. The molecule has 0 aliphatic carbocycles. The number of halogens is 3. The van der Waals surface area contributed by atoms with E-state index in [1.54, 1.807) is 0 Å². The Bertz CT molecular complexity index is 1590. The van der Waals surface area contributed by atoms with Crippen molar-refractivity contribution in [2.75, 3.05) is 6.38 Å². The molecule has 53 heavy (non-hydrogen) atoms. The normalized spacial score (nSPS) is 10.6. The second-order valence-electron chi connectivity index (χ2n) is 13.0. The SMILES string of the molecule is C.CC(=O)Cl.CCl.Cc1ccc(C(Cl)(c2ccc(C)cc2)c2ccc(C)cc2)cc1.Cc1ccc(C(O)(c2ccc(C)cc2)c2ccc(C)cc2)cc1. The minimum Gasteiger partial charge on any atom is -0.376 e. The molecule has 6 rings (SSSR count). The van der Waals surface area contributed by atoms with Crippen LogP contribution in [0, 0.1) is 41.5 Å². The predicted octanol–water partition coefficient (Wildman–Crippen LogP) is 13.3. The molecule has 0 atom stereocenters. The maximum Gasteiger partial charge on any atom is 0.218 e. The van der Waals surface area contributed by atoms with E-state index in [-0.39, 0.29) is 12.7 Å². The highest BCUT2D eigenvalue weighted by Gasteiger charge is 2.35. The summed E-state index contributed by atoms with van der Waals surface area (Å²) in [6.07, 6.45) is 1.47. The Morgan fingerprint density at radius 1 is 0.415 bits per heavy atom. The molecule has 0 amide bonds. The molecule has 6 aromatic carbocycles. The van der Waals surface area contributed by atoms with Crippen molar-refractivity contribution in [1.82, 2.24) is 0 Å². The minimum absolute atomic E-state index is 0. The van der Waals surface area contributed by atoms with Crippen molar-refractivity contribution in [3.63, 3.8) is 0 Å². The van der Waals surface area contributed by atoms with Crippen molar-refractivity contribution < 1.29 is 9.90 Å². The minimum atomic E-state index is -1.14. The molecule has 5 heteroatoms. The lowest BCUT2D eigenvalue weighted by molar-refractivity contribution is -0.109. The third-order valence-corrected chi connectivity index (χ3v) is 9.41. The second kappa shape index (κ2) is 20.9. The van der Waals surface area contributed by atoms with Gasteiger partial charge in [0, 0.05) is 13.3 Å². The van der Waals surface area contributed by atoms with Crippen LogP contribution in [0.3, 0.4) is 0 Å². The molecule has 0 bridgehead atoms. The molecule has 0 aliphatic rings. The zero-order chi connectivity index (χ0) is 38.5. The largest absolute Gasteiger partial charge is 0.376 e. The van der Waals surface area contributed by atoms with Gasteiger partial charge in [-0.1, -0.05) is 186 Å². The quantitative estimate of drug-likeness (QED) is 0.104. The number of benzene rings is 6. The van der Waals surface area contributed by atoms with Crippen molar-refractivity contribution in [2.24, 2.45) is 0 Å². The Morgan fingerprint density at radius 2 is 0.547 bits per heavy atom. The highest BCUT2D eigenvalue weighted by atomic mass is 35.5. The average molecular weight is 768 g/mol. The zero-order valence-electron chi connectivity index (χ0n) is 31.3. The Morgan fingerprint density at radius 3 is 0.698 bits per heavy atom. The highest BCUT2D eigenvalue weighted by Crippen LogP contribution is 2.43. The van der Waals surface area contributed by atoms with Crippen molar-refractivity contribution >= 4 is 40.0 Å². The molecule has 0 saturated carbocycles. The fourth-order valence-corrected chi connectivity index (χ4v) is 6.11. The summed E-state index contributed by atoms with van der Waals surface area (Å²) in [5.74, 6) is 0. The van der Waals surface area contributed by atoms with Crippen molar-refractivity contribution in [1.29, 1.82) is 0 Å². The van der Waals surface area contributed by atoms with E-state index in [2.05, 4.69) is 138 Å². The van der Waals surface area contributed by atoms with Gasteiger partial charge in [-0.2, -0.15) is 0 Å². The first-order chi connectivity index (χ1) is 24.7. The fraction of sp³-hybridized carbons (Fsp3) is 0.229. The molecule has 278 valence electrons. The molecule has 0 aromatic heterocycles. The Hall–Kier alpha value is -4.18. The number of carbonyl (C=O) groups excluding carboxylic acids is 1. The molecule has 6 aromatic rings. The topological polar surface area (TPSA) is 37.3 Å². The van der Waals surface area contributed by atoms with Crippen LogP contribution in [0.5, 0.6) is 0 Å². The molecule has 0 heterocycles. The third kappa shape index (κ3) is 11.9. The summed E-state index contributed by atoms with van der Waals surface area (Å²) in [4.78, 5) is 8.54. The molecule has 1 N–H and O–H groups in total. The molecule has 0 radical (unpaired) electrons. The third-order valence-electron chi connectivity index (χ3n) is 8.76. The van der Waals surface area contributed by atoms with Crippen LogP contribution in [-0.4, -0.2) is 16.7 Å². The van der Waals surface area contributed by atoms with E-state index in [0.29, 0.717) is 0 Å². The van der Waals surface area contributed by atoms with Crippen LogP contribution in [0.1, 0.15) is 81.1 Å². The van der Waals surface area contributed by atoms with Gasteiger partial charge in [-0.3, -0.25) is 4.79 Å². The predicted molar refractivity (Wildman–Crippen MR) is 230 cm³/mol. The highest BCUT2D eigenvalue weighted by molar-refractivity contribution is 6.62. The van der Waals surface area contributed by atoms with Gasteiger partial charge in [0.2, 0.25) is 5.24 Å². The molecule has 0 saturated heterocycles. The summed E-state index contributed by atoms with van der Waals surface area (Å²) in [5.41, 5.74) is 12.1. The van der Waals surface area contributed by atoms with Crippen LogP contribution in [-0.2, 0) is 15.3 Å². The summed E-state index contributed by atoms with van der Waals surface area (Å²) >= 11 is 16.5. The van der Waals surface area contributed by atoms with Crippen molar-refractivity contribution in [3.8, 4) is 0 Å². The molecule has 0 fully saturated rings. The van der Waals surface area contributed by atoms with Crippen LogP contribution < -0.4 is 0 Å². The van der Waals surface area contributed by atoms with Crippen LogP contribution in [0.25, 0.3) is 0 Å².